The third kappa shape index (κ3) is 2.61. The standard InChI is InChI=1S/C18H13N5O/c24-18(16-14-8-4-5-9-15(14)22-23-16)21-13-10-19-17(20-11-13)12-6-2-1-3-7-12/h1-11H,(H,21,24)(H,22,23). The molecule has 4 rings (SSSR count). The minimum Gasteiger partial charge on any atom is -0.318 e. The van der Waals surface area contributed by atoms with E-state index in [4.69, 9.17) is 0 Å². The SMILES string of the molecule is O=C(Nc1cnc(-c2ccccc2)nc1)c1n[nH]c2ccccc12. The first kappa shape index (κ1) is 14.1. The van der Waals surface area contributed by atoms with Crippen molar-refractivity contribution < 1.29 is 4.79 Å². The van der Waals surface area contributed by atoms with Crippen LogP contribution in [0.4, 0.5) is 5.69 Å². The molecule has 1 amide bonds. The largest absolute Gasteiger partial charge is 0.318 e. The van der Waals surface area contributed by atoms with E-state index < -0.39 is 0 Å². The maximum atomic E-state index is 12.4. The molecule has 0 saturated heterocycles. The van der Waals surface area contributed by atoms with Crippen molar-refractivity contribution in [3.8, 4) is 11.4 Å². The van der Waals surface area contributed by atoms with Crippen molar-refractivity contribution in [1.82, 2.24) is 20.2 Å². The van der Waals surface area contributed by atoms with Gasteiger partial charge in [-0.15, -0.1) is 0 Å². The number of para-hydroxylation sites is 1. The molecule has 0 aliphatic heterocycles. The number of carbonyl (C=O) groups is 1. The first-order valence-corrected chi connectivity index (χ1v) is 7.43. The van der Waals surface area contributed by atoms with Crippen LogP contribution >= 0.6 is 0 Å². The normalized spacial score (nSPS) is 10.7. The van der Waals surface area contributed by atoms with Crippen LogP contribution in [0.5, 0.6) is 0 Å². The van der Waals surface area contributed by atoms with Crippen LogP contribution in [0.15, 0.2) is 67.0 Å². The molecule has 2 N–H and O–H groups in total. The number of fused-ring (bicyclic) bond motifs is 1. The van der Waals surface area contributed by atoms with Gasteiger partial charge in [0.05, 0.1) is 23.6 Å². The highest BCUT2D eigenvalue weighted by Crippen LogP contribution is 2.18. The summed E-state index contributed by atoms with van der Waals surface area (Å²) in [4.78, 5) is 21.0. The predicted molar refractivity (Wildman–Crippen MR) is 91.5 cm³/mol. The topological polar surface area (TPSA) is 83.6 Å². The van der Waals surface area contributed by atoms with Gasteiger partial charge in [0.1, 0.15) is 0 Å². The molecule has 0 bridgehead atoms. The second-order valence-electron chi connectivity index (χ2n) is 5.23. The summed E-state index contributed by atoms with van der Waals surface area (Å²) in [5.74, 6) is 0.308. The molecule has 6 heteroatoms. The molecule has 0 saturated carbocycles. The van der Waals surface area contributed by atoms with Gasteiger partial charge in [-0.2, -0.15) is 5.10 Å². The number of nitrogens with one attached hydrogen (secondary N) is 2. The van der Waals surface area contributed by atoms with E-state index in [1.165, 1.54) is 0 Å². The molecule has 0 unspecified atom stereocenters. The number of H-pyrrole nitrogens is 1. The molecule has 4 aromatic rings. The highest BCUT2D eigenvalue weighted by molar-refractivity contribution is 6.10. The number of aromatic amines is 1. The first-order chi connectivity index (χ1) is 11.8. The summed E-state index contributed by atoms with van der Waals surface area (Å²) in [6.07, 6.45) is 3.17. The number of nitrogens with zero attached hydrogens (tertiary/aromatic N) is 3. The molecular formula is C18H13N5O. The van der Waals surface area contributed by atoms with Gasteiger partial charge >= 0.3 is 0 Å². The summed E-state index contributed by atoms with van der Waals surface area (Å²) < 4.78 is 0. The number of rotatable bonds is 3. The predicted octanol–water partition coefficient (Wildman–Crippen LogP) is 3.27. The molecule has 0 fully saturated rings. The number of anilines is 1. The zero-order chi connectivity index (χ0) is 16.4. The summed E-state index contributed by atoms with van der Waals surface area (Å²) in [7, 11) is 0. The molecule has 0 radical (unpaired) electrons. The zero-order valence-electron chi connectivity index (χ0n) is 12.6. The lowest BCUT2D eigenvalue weighted by atomic mass is 10.2. The molecule has 0 aliphatic rings. The van der Waals surface area contributed by atoms with Gasteiger partial charge in [-0.25, -0.2) is 9.97 Å². The van der Waals surface area contributed by atoms with Crippen LogP contribution in [-0.4, -0.2) is 26.1 Å². The van der Waals surface area contributed by atoms with Gasteiger partial charge in [0, 0.05) is 10.9 Å². The van der Waals surface area contributed by atoms with Crippen molar-refractivity contribution in [3.05, 3.63) is 72.7 Å². The van der Waals surface area contributed by atoms with Gasteiger partial charge < -0.3 is 5.32 Å². The van der Waals surface area contributed by atoms with Crippen LogP contribution in [0.25, 0.3) is 22.3 Å². The van der Waals surface area contributed by atoms with E-state index in [0.717, 1.165) is 16.5 Å². The Morgan fingerprint density at radius 3 is 2.42 bits per heavy atom. The van der Waals surface area contributed by atoms with Crippen LogP contribution in [-0.2, 0) is 0 Å². The molecule has 0 atom stereocenters. The second kappa shape index (κ2) is 5.92. The van der Waals surface area contributed by atoms with E-state index in [9.17, 15) is 4.79 Å². The molecular weight excluding hydrogens is 302 g/mol. The number of hydrogen-bond donors (Lipinski definition) is 2. The lowest BCUT2D eigenvalue weighted by Crippen LogP contribution is -2.13. The number of amides is 1. The van der Waals surface area contributed by atoms with Gasteiger partial charge in [0.15, 0.2) is 11.5 Å². The maximum Gasteiger partial charge on any atom is 0.276 e. The van der Waals surface area contributed by atoms with Crippen LogP contribution in [0, 0.1) is 0 Å². The van der Waals surface area contributed by atoms with E-state index >= 15 is 0 Å². The number of aromatic nitrogens is 4. The van der Waals surface area contributed by atoms with E-state index in [-0.39, 0.29) is 5.91 Å². The Morgan fingerprint density at radius 1 is 0.917 bits per heavy atom. The molecule has 24 heavy (non-hydrogen) atoms. The molecule has 2 aromatic carbocycles. The highest BCUT2D eigenvalue weighted by atomic mass is 16.1. The van der Waals surface area contributed by atoms with E-state index in [0.29, 0.717) is 17.2 Å². The summed E-state index contributed by atoms with van der Waals surface area (Å²) >= 11 is 0. The van der Waals surface area contributed by atoms with Gasteiger partial charge in [-0.1, -0.05) is 48.5 Å². The number of carbonyl (C=O) groups excluding carboxylic acids is 1. The van der Waals surface area contributed by atoms with Crippen molar-refractivity contribution in [2.24, 2.45) is 0 Å². The Hall–Kier alpha value is -3.54. The molecule has 6 nitrogen and oxygen atoms in total. The lowest BCUT2D eigenvalue weighted by molar-refractivity contribution is 0.102. The van der Waals surface area contributed by atoms with Gasteiger partial charge in [0.2, 0.25) is 0 Å². The van der Waals surface area contributed by atoms with Crippen molar-refractivity contribution in [2.75, 3.05) is 5.32 Å². The van der Waals surface area contributed by atoms with Crippen LogP contribution in [0.1, 0.15) is 10.5 Å². The number of benzene rings is 2. The molecule has 2 heterocycles. The van der Waals surface area contributed by atoms with E-state index in [2.05, 4.69) is 25.5 Å². The molecule has 0 aliphatic carbocycles. The van der Waals surface area contributed by atoms with Crippen molar-refractivity contribution in [2.45, 2.75) is 0 Å². The fourth-order valence-corrected chi connectivity index (χ4v) is 2.46. The molecule has 2 aromatic heterocycles. The highest BCUT2D eigenvalue weighted by Gasteiger charge is 2.14. The smallest absolute Gasteiger partial charge is 0.276 e. The Balaban J connectivity index is 1.56. The second-order valence-corrected chi connectivity index (χ2v) is 5.23. The number of hydrogen-bond acceptors (Lipinski definition) is 4. The van der Waals surface area contributed by atoms with Crippen molar-refractivity contribution in [1.29, 1.82) is 0 Å². The Morgan fingerprint density at radius 2 is 1.62 bits per heavy atom. The quantitative estimate of drug-likeness (QED) is 0.608. The van der Waals surface area contributed by atoms with Crippen LogP contribution in [0.2, 0.25) is 0 Å². The summed E-state index contributed by atoms with van der Waals surface area (Å²) in [6.45, 7) is 0. The molecule has 116 valence electrons. The monoisotopic (exact) mass is 315 g/mol. The van der Waals surface area contributed by atoms with Crippen LogP contribution in [0.3, 0.4) is 0 Å². The summed E-state index contributed by atoms with van der Waals surface area (Å²) in [6, 6.07) is 17.1. The third-order valence-electron chi connectivity index (χ3n) is 3.63. The average Bonchev–Trinajstić information content (AvgIpc) is 3.07. The van der Waals surface area contributed by atoms with Gasteiger partial charge in [-0.3, -0.25) is 9.89 Å². The fraction of sp³-hybridized carbons (Fsp3) is 0. The Labute approximate surface area is 137 Å². The maximum absolute atomic E-state index is 12.4. The zero-order valence-corrected chi connectivity index (χ0v) is 12.6. The van der Waals surface area contributed by atoms with Crippen molar-refractivity contribution >= 4 is 22.5 Å². The third-order valence-corrected chi connectivity index (χ3v) is 3.63. The Kier molecular flexibility index (Phi) is 3.47. The van der Waals surface area contributed by atoms with Gasteiger partial charge in [0.25, 0.3) is 5.91 Å². The minimum absolute atomic E-state index is 0.302. The minimum atomic E-state index is -0.302. The fourth-order valence-electron chi connectivity index (χ4n) is 2.46. The summed E-state index contributed by atoms with van der Waals surface area (Å²) in [5.41, 5.74) is 2.61. The van der Waals surface area contributed by atoms with E-state index in [1.54, 1.807) is 12.4 Å². The average molecular weight is 315 g/mol. The van der Waals surface area contributed by atoms with Crippen molar-refractivity contribution in [3.63, 3.8) is 0 Å². The Bertz CT molecular complexity index is 993. The van der Waals surface area contributed by atoms with E-state index in [1.807, 2.05) is 54.6 Å². The van der Waals surface area contributed by atoms with Crippen LogP contribution < -0.4 is 5.32 Å². The van der Waals surface area contributed by atoms with Gasteiger partial charge in [-0.05, 0) is 6.07 Å². The first-order valence-electron chi connectivity index (χ1n) is 7.43. The lowest BCUT2D eigenvalue weighted by Gasteiger charge is -2.04. The molecule has 0 spiro atoms. The summed E-state index contributed by atoms with van der Waals surface area (Å²) in [5, 5.41) is 10.5.